The second-order valence-electron chi connectivity index (χ2n) is 5.90. The summed E-state index contributed by atoms with van der Waals surface area (Å²) in [5, 5.41) is 4.62. The second-order valence-corrected chi connectivity index (χ2v) is 7.61. The quantitative estimate of drug-likeness (QED) is 0.570. The number of nitrogens with one attached hydrogen (secondary N) is 2. The predicted molar refractivity (Wildman–Crippen MR) is 113 cm³/mol. The first-order chi connectivity index (χ1) is 13.4. The van der Waals surface area contributed by atoms with Crippen molar-refractivity contribution in [2.75, 3.05) is 25.1 Å². The van der Waals surface area contributed by atoms with Gasteiger partial charge in [-0.15, -0.1) is 0 Å². The monoisotopic (exact) mass is 530 g/mol. The lowest BCUT2D eigenvalue weighted by atomic mass is 9.98. The highest BCUT2D eigenvalue weighted by atomic mass is 127. The van der Waals surface area contributed by atoms with E-state index in [1.165, 1.54) is 15.4 Å². The molecule has 0 aromatic carbocycles. The largest absolute Gasteiger partial charge is 0.405 e. The van der Waals surface area contributed by atoms with E-state index < -0.39 is 24.5 Å². The van der Waals surface area contributed by atoms with Gasteiger partial charge in [0.25, 0.3) is 0 Å². The van der Waals surface area contributed by atoms with Gasteiger partial charge in [0.05, 0.1) is 11.3 Å². The van der Waals surface area contributed by atoms with Crippen molar-refractivity contribution in [1.29, 1.82) is 0 Å². The summed E-state index contributed by atoms with van der Waals surface area (Å²) in [7, 11) is 1.48. The molecular weight excluding hydrogens is 508 g/mol. The standard InChI is InChI=1S/C14H16F3IN6OS.C2H6/c15-14(16,17)7-19-13(25)9-2-1-4-23(6-9)22-11-10-3-5-24(26-18)12(10)21-8-20-11;1-2/h3,5,8-9H,1-2,4,6-7H2,(H,19,25)(H,20,21,22);1-2H3. The number of halogens is 4. The predicted octanol–water partition coefficient (Wildman–Crippen LogP) is 4.02. The lowest BCUT2D eigenvalue weighted by Crippen LogP contribution is -2.46. The van der Waals surface area contributed by atoms with Crippen LogP contribution in [-0.4, -0.2) is 50.7 Å². The van der Waals surface area contributed by atoms with Crippen molar-refractivity contribution in [1.82, 2.24) is 24.3 Å². The molecule has 3 heterocycles. The van der Waals surface area contributed by atoms with E-state index in [0.29, 0.717) is 31.7 Å². The van der Waals surface area contributed by atoms with Gasteiger partial charge < -0.3 is 10.7 Å². The topological polar surface area (TPSA) is 75.1 Å². The number of hydrogen-bond acceptors (Lipinski definition) is 6. The van der Waals surface area contributed by atoms with Crippen molar-refractivity contribution in [2.24, 2.45) is 5.92 Å². The smallest absolute Gasteiger partial charge is 0.347 e. The first-order valence-corrected chi connectivity index (χ1v) is 12.2. The van der Waals surface area contributed by atoms with Gasteiger partial charge in [0.2, 0.25) is 5.91 Å². The Morgan fingerprint density at radius 3 is 2.82 bits per heavy atom. The van der Waals surface area contributed by atoms with E-state index in [0.717, 1.165) is 11.0 Å². The number of hydrogen-bond donors (Lipinski definition) is 2. The number of alkyl halides is 3. The molecule has 2 N–H and O–H groups in total. The van der Waals surface area contributed by atoms with E-state index in [1.54, 1.807) is 0 Å². The van der Waals surface area contributed by atoms with E-state index >= 15 is 0 Å². The van der Waals surface area contributed by atoms with Crippen LogP contribution in [0.4, 0.5) is 19.0 Å². The highest BCUT2D eigenvalue weighted by Crippen LogP contribution is 2.27. The Balaban J connectivity index is 0.00000136. The fourth-order valence-electron chi connectivity index (χ4n) is 2.85. The SMILES string of the molecule is CC.O=C(NCC(F)(F)F)C1CCCN(Nc2ncnc3c2ccn3SI)C1. The number of carbonyl (C=O) groups is 1. The maximum atomic E-state index is 12.3. The Morgan fingerprint density at radius 1 is 1.39 bits per heavy atom. The van der Waals surface area contributed by atoms with Crippen LogP contribution < -0.4 is 10.7 Å². The molecule has 7 nitrogen and oxygen atoms in total. The summed E-state index contributed by atoms with van der Waals surface area (Å²) < 4.78 is 38.7. The minimum atomic E-state index is -4.40. The zero-order valence-corrected chi connectivity index (χ0v) is 18.4. The van der Waals surface area contributed by atoms with E-state index in [-0.39, 0.29) is 0 Å². The third-order valence-electron chi connectivity index (χ3n) is 4.04. The van der Waals surface area contributed by atoms with E-state index in [9.17, 15) is 18.0 Å². The maximum Gasteiger partial charge on any atom is 0.405 e. The van der Waals surface area contributed by atoms with Crippen LogP contribution in [-0.2, 0) is 4.79 Å². The Morgan fingerprint density at radius 2 is 2.14 bits per heavy atom. The van der Waals surface area contributed by atoms with E-state index in [1.807, 2.05) is 40.4 Å². The van der Waals surface area contributed by atoms with Gasteiger partial charge in [0.15, 0.2) is 11.5 Å². The second kappa shape index (κ2) is 10.5. The number of rotatable bonds is 5. The Bertz CT molecular complexity index is 787. The number of nitrogens with zero attached hydrogens (tertiary/aromatic N) is 4. The molecule has 1 aliphatic rings. The molecule has 1 aliphatic heterocycles. The maximum absolute atomic E-state index is 12.3. The summed E-state index contributed by atoms with van der Waals surface area (Å²) >= 11 is 2.15. The van der Waals surface area contributed by atoms with Crippen molar-refractivity contribution in [2.45, 2.75) is 32.9 Å². The molecule has 0 aliphatic carbocycles. The summed E-state index contributed by atoms with van der Waals surface area (Å²) in [6.07, 6.45) is 0.189. The fraction of sp³-hybridized carbons (Fsp3) is 0.562. The number of amides is 1. The highest BCUT2D eigenvalue weighted by Gasteiger charge is 2.31. The van der Waals surface area contributed by atoms with E-state index in [2.05, 4.69) is 36.6 Å². The van der Waals surface area contributed by atoms with Gasteiger partial charge in [-0.2, -0.15) is 13.2 Å². The van der Waals surface area contributed by atoms with Crippen molar-refractivity contribution in [3.05, 3.63) is 18.6 Å². The van der Waals surface area contributed by atoms with Gasteiger partial charge in [-0.3, -0.25) is 8.77 Å². The van der Waals surface area contributed by atoms with Crippen molar-refractivity contribution in [3.63, 3.8) is 0 Å². The molecule has 0 saturated carbocycles. The average molecular weight is 530 g/mol. The van der Waals surface area contributed by atoms with Crippen LogP contribution in [0, 0.1) is 5.92 Å². The third kappa shape index (κ3) is 6.11. The Hall–Kier alpha value is -1.28. The molecule has 12 heteroatoms. The summed E-state index contributed by atoms with van der Waals surface area (Å²) in [6.45, 7) is 3.69. The normalized spacial score (nSPS) is 17.7. The lowest BCUT2D eigenvalue weighted by molar-refractivity contribution is -0.141. The molecule has 156 valence electrons. The lowest BCUT2D eigenvalue weighted by Gasteiger charge is -2.32. The minimum Gasteiger partial charge on any atom is -0.347 e. The molecular formula is C16H22F3IN6OS. The molecule has 2 aromatic heterocycles. The minimum absolute atomic E-state index is 0.316. The molecule has 1 amide bonds. The Labute approximate surface area is 177 Å². The van der Waals surface area contributed by atoms with Crippen LogP contribution in [0.1, 0.15) is 26.7 Å². The molecule has 1 saturated heterocycles. The molecule has 2 aromatic rings. The summed E-state index contributed by atoms with van der Waals surface area (Å²) in [4.78, 5) is 20.5. The molecule has 3 rings (SSSR count). The van der Waals surface area contributed by atoms with Crippen molar-refractivity contribution >= 4 is 53.1 Å². The van der Waals surface area contributed by atoms with Gasteiger partial charge >= 0.3 is 6.18 Å². The highest BCUT2D eigenvalue weighted by molar-refractivity contribution is 14.2. The first-order valence-electron chi connectivity index (χ1n) is 8.84. The summed E-state index contributed by atoms with van der Waals surface area (Å²) in [6, 6.07) is 1.89. The van der Waals surface area contributed by atoms with Crippen LogP contribution in [0.2, 0.25) is 0 Å². The number of carbonyl (C=O) groups excluding carboxylic acids is 1. The van der Waals surface area contributed by atoms with Crippen LogP contribution in [0.5, 0.6) is 0 Å². The zero-order valence-electron chi connectivity index (χ0n) is 15.5. The van der Waals surface area contributed by atoms with Crippen LogP contribution in [0.15, 0.2) is 18.6 Å². The molecule has 1 unspecified atom stereocenters. The van der Waals surface area contributed by atoms with Crippen LogP contribution in [0.25, 0.3) is 11.0 Å². The van der Waals surface area contributed by atoms with Gasteiger partial charge in [0.1, 0.15) is 12.9 Å². The Kier molecular flexibility index (Phi) is 8.61. The van der Waals surface area contributed by atoms with Gasteiger partial charge in [0, 0.05) is 49.6 Å². The number of hydrazine groups is 1. The molecule has 0 spiro atoms. The molecule has 0 radical (unpaired) electrons. The first kappa shape index (κ1) is 23.0. The van der Waals surface area contributed by atoms with Gasteiger partial charge in [-0.1, -0.05) is 13.8 Å². The molecule has 28 heavy (non-hydrogen) atoms. The van der Waals surface area contributed by atoms with Gasteiger partial charge in [-0.05, 0) is 18.9 Å². The van der Waals surface area contributed by atoms with Crippen LogP contribution in [0.3, 0.4) is 0 Å². The van der Waals surface area contributed by atoms with Crippen molar-refractivity contribution < 1.29 is 18.0 Å². The number of anilines is 1. The fourth-order valence-corrected chi connectivity index (χ4v) is 4.12. The number of aromatic nitrogens is 3. The molecule has 1 fully saturated rings. The van der Waals surface area contributed by atoms with Gasteiger partial charge in [-0.25, -0.2) is 15.0 Å². The summed E-state index contributed by atoms with van der Waals surface area (Å²) in [5.74, 6) is -0.463. The van der Waals surface area contributed by atoms with Crippen molar-refractivity contribution in [3.8, 4) is 0 Å². The molecule has 1 atom stereocenters. The van der Waals surface area contributed by atoms with Crippen LogP contribution >= 0.6 is 30.3 Å². The number of fused-ring (bicyclic) bond motifs is 1. The third-order valence-corrected chi connectivity index (χ3v) is 5.76. The average Bonchev–Trinajstić information content (AvgIpc) is 3.11. The van der Waals surface area contributed by atoms with E-state index in [4.69, 9.17) is 0 Å². The number of piperidine rings is 1. The summed E-state index contributed by atoms with van der Waals surface area (Å²) in [5.41, 5.74) is 3.94. The zero-order chi connectivity index (χ0) is 20.7. The molecule has 0 bridgehead atoms.